The van der Waals surface area contributed by atoms with Crippen molar-refractivity contribution >= 4 is 0 Å². The van der Waals surface area contributed by atoms with E-state index < -0.39 is 6.43 Å². The second-order valence-corrected chi connectivity index (χ2v) is 5.98. The number of benzene rings is 1. The number of nitrogens with zero attached hydrogens (tertiary/aromatic N) is 1. The average molecular weight is 284 g/mol. The van der Waals surface area contributed by atoms with Crippen LogP contribution in [0.3, 0.4) is 0 Å². The number of alkyl halides is 2. The van der Waals surface area contributed by atoms with Crippen LogP contribution in [0.2, 0.25) is 0 Å². The minimum atomic E-state index is -2.29. The van der Waals surface area contributed by atoms with E-state index in [-0.39, 0.29) is 18.0 Å². The fourth-order valence-corrected chi connectivity index (χ4v) is 2.78. The zero-order valence-corrected chi connectivity index (χ0v) is 12.9. The second-order valence-electron chi connectivity index (χ2n) is 5.98. The first-order valence-electron chi connectivity index (χ1n) is 7.12. The highest BCUT2D eigenvalue weighted by molar-refractivity contribution is 5.21. The highest BCUT2D eigenvalue weighted by Gasteiger charge is 2.31. The van der Waals surface area contributed by atoms with E-state index >= 15 is 0 Å². The van der Waals surface area contributed by atoms with Crippen molar-refractivity contribution in [3.8, 4) is 0 Å². The molecule has 0 heterocycles. The molecule has 0 aliphatic carbocycles. The molecule has 1 rings (SSSR count). The summed E-state index contributed by atoms with van der Waals surface area (Å²) >= 11 is 0. The number of halogens is 2. The van der Waals surface area contributed by atoms with E-state index in [0.29, 0.717) is 6.54 Å². The van der Waals surface area contributed by atoms with Gasteiger partial charge in [-0.3, -0.25) is 0 Å². The van der Waals surface area contributed by atoms with Gasteiger partial charge in [-0.25, -0.2) is 8.78 Å². The van der Waals surface area contributed by atoms with Crippen LogP contribution in [0.15, 0.2) is 30.3 Å². The van der Waals surface area contributed by atoms with Crippen LogP contribution in [-0.2, 0) is 0 Å². The molecule has 2 nitrogen and oxygen atoms in total. The quantitative estimate of drug-likeness (QED) is 0.785. The molecule has 0 aliphatic rings. The Morgan fingerprint density at radius 3 is 2.30 bits per heavy atom. The van der Waals surface area contributed by atoms with Crippen molar-refractivity contribution in [3.63, 3.8) is 0 Å². The Bertz CT molecular complexity index is 379. The summed E-state index contributed by atoms with van der Waals surface area (Å²) in [5.74, 6) is 0. The Labute approximate surface area is 121 Å². The molecule has 0 fully saturated rings. The van der Waals surface area contributed by atoms with Gasteiger partial charge in [-0.05, 0) is 24.6 Å². The fourth-order valence-electron chi connectivity index (χ4n) is 2.78. The summed E-state index contributed by atoms with van der Waals surface area (Å²) in [6.45, 7) is 7.59. The van der Waals surface area contributed by atoms with Crippen molar-refractivity contribution < 1.29 is 8.78 Å². The molecule has 1 aromatic carbocycles. The molecule has 1 unspecified atom stereocenters. The topological polar surface area (TPSA) is 15.3 Å². The van der Waals surface area contributed by atoms with E-state index in [9.17, 15) is 8.78 Å². The molecule has 0 bridgehead atoms. The Balaban J connectivity index is 2.83. The third kappa shape index (κ3) is 5.17. The van der Waals surface area contributed by atoms with Crippen LogP contribution in [-0.4, -0.2) is 38.0 Å². The van der Waals surface area contributed by atoms with Gasteiger partial charge in [0.25, 0.3) is 6.43 Å². The molecule has 1 N–H and O–H groups in total. The summed E-state index contributed by atoms with van der Waals surface area (Å²) < 4.78 is 25.0. The molecule has 114 valence electrons. The Kier molecular flexibility index (Phi) is 6.56. The van der Waals surface area contributed by atoms with E-state index in [1.165, 1.54) is 5.56 Å². The van der Waals surface area contributed by atoms with Crippen LogP contribution in [0.5, 0.6) is 0 Å². The predicted octanol–water partition coefficient (Wildman–Crippen LogP) is 3.56. The van der Waals surface area contributed by atoms with Gasteiger partial charge in [0.05, 0.1) is 6.54 Å². The maximum atomic E-state index is 12.5. The average Bonchev–Trinajstić information content (AvgIpc) is 2.35. The molecule has 0 aliphatic heterocycles. The smallest absolute Gasteiger partial charge is 0.251 e. The first-order valence-corrected chi connectivity index (χ1v) is 7.12. The highest BCUT2D eigenvalue weighted by atomic mass is 19.3. The second kappa shape index (κ2) is 7.70. The molecule has 0 spiro atoms. The molecule has 4 heteroatoms. The molecule has 1 aromatic rings. The van der Waals surface area contributed by atoms with Gasteiger partial charge in [-0.15, -0.1) is 0 Å². The van der Waals surface area contributed by atoms with Gasteiger partial charge >= 0.3 is 0 Å². The first-order chi connectivity index (χ1) is 9.36. The van der Waals surface area contributed by atoms with Crippen molar-refractivity contribution in [2.45, 2.75) is 33.2 Å². The Morgan fingerprint density at radius 1 is 1.20 bits per heavy atom. The van der Waals surface area contributed by atoms with Crippen LogP contribution in [0.1, 0.15) is 32.4 Å². The molecule has 20 heavy (non-hydrogen) atoms. The molecule has 0 amide bonds. The van der Waals surface area contributed by atoms with Crippen molar-refractivity contribution in [2.75, 3.05) is 26.7 Å². The standard InChI is InChI=1S/C16H26F2N2/c1-5-19-15(13-9-7-6-8-10-13)16(2,3)12-20(4)11-14(17)18/h6-10,14-15,19H,5,11-12H2,1-4H3. The normalized spacial score (nSPS) is 14.0. The SMILES string of the molecule is CCNC(c1ccccc1)C(C)(C)CN(C)CC(F)F. The Morgan fingerprint density at radius 2 is 1.80 bits per heavy atom. The summed E-state index contributed by atoms with van der Waals surface area (Å²) in [5, 5.41) is 3.48. The van der Waals surface area contributed by atoms with Gasteiger partial charge in [0.1, 0.15) is 0 Å². The van der Waals surface area contributed by atoms with Crippen LogP contribution in [0, 0.1) is 5.41 Å². The molecule has 0 saturated heterocycles. The summed E-state index contributed by atoms with van der Waals surface area (Å²) in [7, 11) is 1.75. The van der Waals surface area contributed by atoms with E-state index in [2.05, 4.69) is 38.2 Å². The van der Waals surface area contributed by atoms with Crippen LogP contribution < -0.4 is 5.32 Å². The number of rotatable bonds is 8. The minimum absolute atomic E-state index is 0.138. The van der Waals surface area contributed by atoms with Gasteiger partial charge in [0, 0.05) is 12.6 Å². The van der Waals surface area contributed by atoms with E-state index in [4.69, 9.17) is 0 Å². The van der Waals surface area contributed by atoms with Crippen LogP contribution in [0.25, 0.3) is 0 Å². The summed E-state index contributed by atoms with van der Waals surface area (Å²) in [5.41, 5.74) is 1.06. The van der Waals surface area contributed by atoms with Crippen molar-refractivity contribution in [1.29, 1.82) is 0 Å². The fraction of sp³-hybridized carbons (Fsp3) is 0.625. The van der Waals surface area contributed by atoms with Gasteiger partial charge in [-0.1, -0.05) is 51.1 Å². The maximum absolute atomic E-state index is 12.5. The molecule has 1 atom stereocenters. The molecule has 0 saturated carbocycles. The Hall–Kier alpha value is -1.00. The van der Waals surface area contributed by atoms with Gasteiger partial charge in [0.15, 0.2) is 0 Å². The lowest BCUT2D eigenvalue weighted by atomic mass is 9.80. The molecular weight excluding hydrogens is 258 g/mol. The maximum Gasteiger partial charge on any atom is 0.251 e. The van der Waals surface area contributed by atoms with Crippen molar-refractivity contribution in [2.24, 2.45) is 5.41 Å². The molecular formula is C16H26F2N2. The number of hydrogen-bond donors (Lipinski definition) is 1. The van der Waals surface area contributed by atoms with Crippen molar-refractivity contribution in [3.05, 3.63) is 35.9 Å². The zero-order valence-electron chi connectivity index (χ0n) is 12.9. The molecule has 0 radical (unpaired) electrons. The molecule has 0 aromatic heterocycles. The lowest BCUT2D eigenvalue weighted by Gasteiger charge is -2.38. The largest absolute Gasteiger partial charge is 0.310 e. The predicted molar refractivity (Wildman–Crippen MR) is 80.1 cm³/mol. The van der Waals surface area contributed by atoms with Crippen LogP contribution in [0.4, 0.5) is 8.78 Å². The van der Waals surface area contributed by atoms with Gasteiger partial charge in [0.2, 0.25) is 0 Å². The number of nitrogens with one attached hydrogen (secondary N) is 1. The summed E-state index contributed by atoms with van der Waals surface area (Å²) in [4.78, 5) is 1.71. The lowest BCUT2D eigenvalue weighted by Crippen LogP contribution is -2.43. The highest BCUT2D eigenvalue weighted by Crippen LogP contribution is 2.34. The monoisotopic (exact) mass is 284 g/mol. The number of hydrogen-bond acceptors (Lipinski definition) is 2. The third-order valence-corrected chi connectivity index (χ3v) is 3.45. The van der Waals surface area contributed by atoms with Crippen LogP contribution >= 0.6 is 0 Å². The van der Waals surface area contributed by atoms with E-state index in [1.54, 1.807) is 11.9 Å². The summed E-state index contributed by atoms with van der Waals surface area (Å²) in [6.07, 6.45) is -2.29. The third-order valence-electron chi connectivity index (χ3n) is 3.45. The van der Waals surface area contributed by atoms with Crippen molar-refractivity contribution in [1.82, 2.24) is 10.2 Å². The van der Waals surface area contributed by atoms with Gasteiger partial charge in [-0.2, -0.15) is 0 Å². The zero-order chi connectivity index (χ0) is 15.2. The lowest BCUT2D eigenvalue weighted by molar-refractivity contribution is 0.0725. The van der Waals surface area contributed by atoms with E-state index in [0.717, 1.165) is 6.54 Å². The van der Waals surface area contributed by atoms with E-state index in [1.807, 2.05) is 18.2 Å². The first kappa shape index (κ1) is 17.1. The summed E-state index contributed by atoms with van der Waals surface area (Å²) in [6, 6.07) is 10.3. The van der Waals surface area contributed by atoms with Gasteiger partial charge < -0.3 is 10.2 Å². The minimum Gasteiger partial charge on any atom is -0.310 e.